The zero-order valence-electron chi connectivity index (χ0n) is 13.7. The lowest BCUT2D eigenvalue weighted by Crippen LogP contribution is -2.51. The molecule has 0 spiro atoms. The predicted molar refractivity (Wildman–Crippen MR) is 83.7 cm³/mol. The lowest BCUT2D eigenvalue weighted by atomic mass is 9.49. The minimum Gasteiger partial charge on any atom is -0.393 e. The normalized spacial score (nSPS) is 60.0. The fourth-order valence-electron chi connectivity index (χ4n) is 7.05. The lowest BCUT2D eigenvalue weighted by molar-refractivity contribution is -0.108. The maximum absolute atomic E-state index is 10.4. The van der Waals surface area contributed by atoms with Crippen molar-refractivity contribution >= 4 is 0 Å². The van der Waals surface area contributed by atoms with Gasteiger partial charge in [0.25, 0.3) is 0 Å². The summed E-state index contributed by atoms with van der Waals surface area (Å²) < 4.78 is 0. The van der Waals surface area contributed by atoms with Crippen LogP contribution in [0, 0.1) is 35.0 Å². The van der Waals surface area contributed by atoms with Gasteiger partial charge in [0, 0.05) is 0 Å². The molecule has 0 amide bonds. The topological polar surface area (TPSA) is 40.5 Å². The van der Waals surface area contributed by atoms with Crippen LogP contribution in [0.4, 0.5) is 0 Å². The van der Waals surface area contributed by atoms with Gasteiger partial charge in [-0.2, -0.15) is 0 Å². The fourth-order valence-corrected chi connectivity index (χ4v) is 7.05. The Bertz CT molecular complexity index is 418. The second-order valence-electron chi connectivity index (χ2n) is 9.31. The summed E-state index contributed by atoms with van der Waals surface area (Å²) in [4.78, 5) is 0. The van der Waals surface area contributed by atoms with E-state index in [1.165, 1.54) is 38.5 Å². The highest BCUT2D eigenvalue weighted by Crippen LogP contribution is 2.62. The van der Waals surface area contributed by atoms with Gasteiger partial charge in [0.2, 0.25) is 0 Å². The van der Waals surface area contributed by atoms with Crippen molar-refractivity contribution in [3.05, 3.63) is 0 Å². The Labute approximate surface area is 129 Å². The SMILES string of the molecule is CC1(O)CC[C@H]2[C@@H](CC[C@@H]3[C@@H]2CC[C@]2(C)[C@@H](O)CC[C@@H]32)C1. The first-order chi connectivity index (χ1) is 9.91. The van der Waals surface area contributed by atoms with Crippen molar-refractivity contribution in [3.63, 3.8) is 0 Å². The maximum atomic E-state index is 10.4. The Hall–Kier alpha value is -0.0800. The summed E-state index contributed by atoms with van der Waals surface area (Å²) in [7, 11) is 0. The highest BCUT2D eigenvalue weighted by Gasteiger charge is 2.57. The zero-order chi connectivity index (χ0) is 14.8. The Kier molecular flexibility index (Phi) is 3.25. The van der Waals surface area contributed by atoms with E-state index in [1.54, 1.807) is 0 Å². The average molecular weight is 292 g/mol. The molecule has 0 saturated heterocycles. The van der Waals surface area contributed by atoms with E-state index in [9.17, 15) is 10.2 Å². The highest BCUT2D eigenvalue weighted by atomic mass is 16.3. The summed E-state index contributed by atoms with van der Waals surface area (Å²) >= 11 is 0. The van der Waals surface area contributed by atoms with Gasteiger partial charge in [0.1, 0.15) is 0 Å². The number of aliphatic hydroxyl groups excluding tert-OH is 1. The summed E-state index contributed by atoms with van der Waals surface area (Å²) in [5, 5.41) is 20.8. The van der Waals surface area contributed by atoms with Gasteiger partial charge >= 0.3 is 0 Å². The van der Waals surface area contributed by atoms with Gasteiger partial charge in [0.15, 0.2) is 0 Å². The molecule has 1 unspecified atom stereocenters. The molecule has 0 heterocycles. The number of rotatable bonds is 0. The first-order valence-corrected chi connectivity index (χ1v) is 9.31. The number of aliphatic hydroxyl groups is 2. The Morgan fingerprint density at radius 2 is 1.57 bits per heavy atom. The lowest BCUT2D eigenvalue weighted by Gasteiger charge is -2.56. The van der Waals surface area contributed by atoms with Crippen LogP contribution in [0.25, 0.3) is 0 Å². The Morgan fingerprint density at radius 3 is 2.38 bits per heavy atom. The predicted octanol–water partition coefficient (Wildman–Crippen LogP) is 3.75. The first kappa shape index (κ1) is 14.5. The van der Waals surface area contributed by atoms with Gasteiger partial charge in [-0.05, 0) is 99.7 Å². The van der Waals surface area contributed by atoms with Crippen LogP contribution in [0.3, 0.4) is 0 Å². The van der Waals surface area contributed by atoms with Crippen molar-refractivity contribution in [3.8, 4) is 0 Å². The molecule has 0 aliphatic heterocycles. The van der Waals surface area contributed by atoms with Crippen LogP contribution >= 0.6 is 0 Å². The van der Waals surface area contributed by atoms with Crippen molar-refractivity contribution < 1.29 is 10.2 Å². The molecule has 120 valence electrons. The smallest absolute Gasteiger partial charge is 0.0622 e. The number of fused-ring (bicyclic) bond motifs is 5. The quantitative estimate of drug-likeness (QED) is 0.714. The third kappa shape index (κ3) is 2.12. The molecule has 21 heavy (non-hydrogen) atoms. The van der Waals surface area contributed by atoms with E-state index in [0.717, 1.165) is 48.9 Å². The molecule has 0 bridgehead atoms. The minimum atomic E-state index is -0.402. The van der Waals surface area contributed by atoms with Gasteiger partial charge < -0.3 is 10.2 Å². The second kappa shape index (κ2) is 4.71. The van der Waals surface area contributed by atoms with E-state index in [2.05, 4.69) is 6.92 Å². The van der Waals surface area contributed by atoms with Gasteiger partial charge in [-0.3, -0.25) is 0 Å². The third-order valence-electron chi connectivity index (χ3n) is 8.19. The average Bonchev–Trinajstić information content (AvgIpc) is 2.73. The largest absolute Gasteiger partial charge is 0.393 e. The van der Waals surface area contributed by atoms with Gasteiger partial charge in [-0.25, -0.2) is 0 Å². The molecule has 0 radical (unpaired) electrons. The summed E-state index contributed by atoms with van der Waals surface area (Å²) in [5.41, 5.74) is -0.186. The summed E-state index contributed by atoms with van der Waals surface area (Å²) in [5.74, 6) is 4.17. The molecule has 4 fully saturated rings. The molecule has 4 aliphatic carbocycles. The molecule has 2 N–H and O–H groups in total. The molecule has 2 heteroatoms. The molecular weight excluding hydrogens is 260 g/mol. The Morgan fingerprint density at radius 1 is 0.810 bits per heavy atom. The van der Waals surface area contributed by atoms with Gasteiger partial charge in [-0.15, -0.1) is 0 Å². The fraction of sp³-hybridized carbons (Fsp3) is 1.00. The van der Waals surface area contributed by atoms with Crippen LogP contribution < -0.4 is 0 Å². The van der Waals surface area contributed by atoms with Crippen LogP contribution in [0.15, 0.2) is 0 Å². The number of hydrogen-bond acceptors (Lipinski definition) is 2. The molecule has 2 nitrogen and oxygen atoms in total. The monoisotopic (exact) mass is 292 g/mol. The van der Waals surface area contributed by atoms with Crippen LogP contribution in [0.5, 0.6) is 0 Å². The summed E-state index contributed by atoms with van der Waals surface area (Å²) in [6.45, 7) is 4.41. The van der Waals surface area contributed by atoms with Crippen LogP contribution in [-0.4, -0.2) is 21.9 Å². The third-order valence-corrected chi connectivity index (χ3v) is 8.19. The second-order valence-corrected chi connectivity index (χ2v) is 9.31. The van der Waals surface area contributed by atoms with Gasteiger partial charge in [0.05, 0.1) is 11.7 Å². The van der Waals surface area contributed by atoms with E-state index < -0.39 is 5.60 Å². The van der Waals surface area contributed by atoms with Crippen LogP contribution in [0.1, 0.15) is 71.6 Å². The minimum absolute atomic E-state index is 0.0479. The van der Waals surface area contributed by atoms with Crippen molar-refractivity contribution in [1.82, 2.24) is 0 Å². The zero-order valence-corrected chi connectivity index (χ0v) is 13.7. The molecule has 0 aromatic heterocycles. The van der Waals surface area contributed by atoms with Crippen LogP contribution in [0.2, 0.25) is 0 Å². The van der Waals surface area contributed by atoms with Crippen molar-refractivity contribution in [2.45, 2.75) is 83.3 Å². The summed E-state index contributed by atoms with van der Waals surface area (Å²) in [6, 6.07) is 0. The first-order valence-electron chi connectivity index (χ1n) is 9.31. The summed E-state index contributed by atoms with van der Waals surface area (Å²) in [6.07, 6.45) is 10.8. The highest BCUT2D eigenvalue weighted by molar-refractivity contribution is 5.06. The molecule has 4 saturated carbocycles. The molecule has 4 rings (SSSR count). The molecule has 0 aromatic rings. The maximum Gasteiger partial charge on any atom is 0.0622 e. The van der Waals surface area contributed by atoms with E-state index in [1.807, 2.05) is 6.92 Å². The standard InChI is InChI=1S/C19H32O2/c1-18(21)9-7-13-12(11-18)3-4-15-14(13)8-10-19(2)16(15)5-6-17(19)20/h12-17,20-21H,3-11H2,1-2H3/t12-,13-,14+,15+,16-,17-,18?,19-/m0/s1. The molecule has 8 atom stereocenters. The van der Waals surface area contributed by atoms with Crippen molar-refractivity contribution in [2.24, 2.45) is 35.0 Å². The number of hydrogen-bond donors (Lipinski definition) is 2. The van der Waals surface area contributed by atoms with E-state index in [-0.39, 0.29) is 11.5 Å². The molecule has 4 aliphatic rings. The van der Waals surface area contributed by atoms with E-state index in [0.29, 0.717) is 0 Å². The van der Waals surface area contributed by atoms with Gasteiger partial charge in [-0.1, -0.05) is 6.92 Å². The molecule has 0 aromatic carbocycles. The van der Waals surface area contributed by atoms with Crippen molar-refractivity contribution in [2.75, 3.05) is 0 Å². The van der Waals surface area contributed by atoms with E-state index in [4.69, 9.17) is 0 Å². The van der Waals surface area contributed by atoms with Crippen LogP contribution in [-0.2, 0) is 0 Å². The van der Waals surface area contributed by atoms with E-state index >= 15 is 0 Å². The molecular formula is C19H32O2. The Balaban J connectivity index is 1.56. The van der Waals surface area contributed by atoms with Crippen molar-refractivity contribution in [1.29, 1.82) is 0 Å².